The molecule has 0 amide bonds. The molecule has 102 valence electrons. The maximum Gasteiger partial charge on any atom is 0.147 e. The van der Waals surface area contributed by atoms with Crippen LogP contribution in [0.25, 0.3) is 0 Å². The first kappa shape index (κ1) is 14.9. The van der Waals surface area contributed by atoms with Gasteiger partial charge in [-0.3, -0.25) is 4.90 Å². The van der Waals surface area contributed by atoms with Crippen molar-refractivity contribution in [3.8, 4) is 0 Å². The molecule has 1 heterocycles. The van der Waals surface area contributed by atoms with Gasteiger partial charge >= 0.3 is 0 Å². The molecule has 0 bridgehead atoms. The van der Waals surface area contributed by atoms with Gasteiger partial charge in [-0.05, 0) is 45.7 Å². The van der Waals surface area contributed by atoms with Crippen molar-refractivity contribution in [1.82, 2.24) is 4.90 Å². The van der Waals surface area contributed by atoms with Crippen molar-refractivity contribution < 1.29 is 13.5 Å². The molecule has 1 rings (SSSR count). The minimum Gasteiger partial charge on any atom is -0.391 e. The zero-order chi connectivity index (χ0) is 13.1. The van der Waals surface area contributed by atoms with E-state index in [1.807, 2.05) is 6.92 Å². The van der Waals surface area contributed by atoms with Crippen LogP contribution in [0.1, 0.15) is 39.5 Å². The summed E-state index contributed by atoms with van der Waals surface area (Å²) in [5, 5.41) is 10.3. The Hall–Kier alpha value is -0.130. The Kier molecular flexibility index (Phi) is 4.98. The average Bonchev–Trinajstić information content (AvgIpc) is 2.77. The number of nitrogens with zero attached hydrogens (tertiary/aromatic N) is 1. The predicted molar refractivity (Wildman–Crippen MR) is 69.8 cm³/mol. The summed E-state index contributed by atoms with van der Waals surface area (Å²) in [5.74, 6) is 0.0671. The second kappa shape index (κ2) is 5.67. The lowest BCUT2D eigenvalue weighted by Crippen LogP contribution is -2.53. The van der Waals surface area contributed by atoms with Crippen molar-refractivity contribution in [2.45, 2.75) is 51.2 Å². The van der Waals surface area contributed by atoms with Crippen LogP contribution < -0.4 is 0 Å². The highest BCUT2D eigenvalue weighted by Gasteiger charge is 2.38. The van der Waals surface area contributed by atoms with Gasteiger partial charge in [0.15, 0.2) is 0 Å². The molecule has 17 heavy (non-hydrogen) atoms. The van der Waals surface area contributed by atoms with Gasteiger partial charge in [0.05, 0.1) is 11.9 Å². The molecular formula is C12H25NO3S. The zero-order valence-corrected chi connectivity index (χ0v) is 12.0. The number of sulfone groups is 1. The second-order valence-corrected chi connectivity index (χ2v) is 7.60. The predicted octanol–water partition coefficient (Wildman–Crippen LogP) is 1.05. The Bertz CT molecular complexity index is 336. The molecule has 2 unspecified atom stereocenters. The van der Waals surface area contributed by atoms with E-state index in [0.717, 1.165) is 19.5 Å². The van der Waals surface area contributed by atoms with E-state index >= 15 is 0 Å². The fourth-order valence-corrected chi connectivity index (χ4v) is 3.19. The molecule has 0 spiro atoms. The van der Waals surface area contributed by atoms with Crippen LogP contribution in [0.3, 0.4) is 0 Å². The minimum atomic E-state index is -2.99. The Labute approximate surface area is 105 Å². The monoisotopic (exact) mass is 263 g/mol. The molecule has 1 aliphatic rings. The number of aliphatic hydroxyl groups is 1. The Morgan fingerprint density at radius 1 is 1.35 bits per heavy atom. The lowest BCUT2D eigenvalue weighted by atomic mass is 9.88. The molecule has 4 nitrogen and oxygen atoms in total. The number of likely N-dealkylation sites (tertiary alicyclic amines) is 1. The third-order valence-corrected chi connectivity index (χ3v) is 5.00. The van der Waals surface area contributed by atoms with E-state index in [0.29, 0.717) is 6.42 Å². The summed E-state index contributed by atoms with van der Waals surface area (Å²) in [6.45, 7) is 6.13. The SMILES string of the molecule is CCC(C)(C(O)CCS(C)(=O)=O)N1CCCC1. The summed E-state index contributed by atoms with van der Waals surface area (Å²) < 4.78 is 22.3. The maximum absolute atomic E-state index is 11.1. The number of rotatable bonds is 6. The summed E-state index contributed by atoms with van der Waals surface area (Å²) in [6, 6.07) is 0. The molecule has 0 aromatic rings. The zero-order valence-electron chi connectivity index (χ0n) is 11.1. The van der Waals surface area contributed by atoms with Crippen LogP contribution in [-0.2, 0) is 9.84 Å². The van der Waals surface area contributed by atoms with Gasteiger partial charge in [0, 0.05) is 11.8 Å². The van der Waals surface area contributed by atoms with E-state index < -0.39 is 15.9 Å². The van der Waals surface area contributed by atoms with Gasteiger partial charge in [-0.25, -0.2) is 8.42 Å². The third-order valence-electron chi connectivity index (χ3n) is 4.02. The first-order chi connectivity index (χ1) is 7.79. The quantitative estimate of drug-likeness (QED) is 0.778. The first-order valence-electron chi connectivity index (χ1n) is 6.40. The molecule has 0 aromatic heterocycles. The highest BCUT2D eigenvalue weighted by atomic mass is 32.2. The Morgan fingerprint density at radius 3 is 2.29 bits per heavy atom. The summed E-state index contributed by atoms with van der Waals surface area (Å²) in [7, 11) is -2.99. The van der Waals surface area contributed by atoms with Gasteiger partial charge in [-0.1, -0.05) is 6.92 Å². The van der Waals surface area contributed by atoms with Gasteiger partial charge in [0.2, 0.25) is 0 Å². The molecule has 0 radical (unpaired) electrons. The third kappa shape index (κ3) is 3.93. The number of hydrogen-bond acceptors (Lipinski definition) is 4. The summed E-state index contributed by atoms with van der Waals surface area (Å²) in [4.78, 5) is 2.31. The molecule has 1 N–H and O–H groups in total. The minimum absolute atomic E-state index is 0.0671. The summed E-state index contributed by atoms with van der Waals surface area (Å²) in [6.07, 6.45) is 4.18. The van der Waals surface area contributed by atoms with Gasteiger partial charge in [-0.2, -0.15) is 0 Å². The van der Waals surface area contributed by atoms with E-state index in [2.05, 4.69) is 11.8 Å². The number of aliphatic hydroxyl groups excluding tert-OH is 1. The van der Waals surface area contributed by atoms with Crippen LogP contribution in [0.5, 0.6) is 0 Å². The van der Waals surface area contributed by atoms with Crippen molar-refractivity contribution in [2.75, 3.05) is 25.1 Å². The fraction of sp³-hybridized carbons (Fsp3) is 1.00. The lowest BCUT2D eigenvalue weighted by molar-refractivity contribution is -0.0135. The van der Waals surface area contributed by atoms with E-state index in [9.17, 15) is 13.5 Å². The standard InChI is InChI=1S/C12H25NO3S/c1-4-12(2,13-8-5-6-9-13)11(14)7-10-17(3,15)16/h11,14H,4-10H2,1-3H3. The average molecular weight is 263 g/mol. The molecule has 0 aliphatic carbocycles. The van der Waals surface area contributed by atoms with Gasteiger partial charge in [-0.15, -0.1) is 0 Å². The Morgan fingerprint density at radius 2 is 1.88 bits per heavy atom. The van der Waals surface area contributed by atoms with Crippen molar-refractivity contribution in [1.29, 1.82) is 0 Å². The molecule has 1 fully saturated rings. The van der Waals surface area contributed by atoms with Crippen LogP contribution >= 0.6 is 0 Å². The van der Waals surface area contributed by atoms with Crippen LogP contribution in [0, 0.1) is 0 Å². The van der Waals surface area contributed by atoms with Gasteiger partial charge < -0.3 is 5.11 Å². The maximum atomic E-state index is 11.1. The largest absolute Gasteiger partial charge is 0.391 e. The van der Waals surface area contributed by atoms with Gasteiger partial charge in [0.25, 0.3) is 0 Å². The molecule has 1 saturated heterocycles. The second-order valence-electron chi connectivity index (χ2n) is 5.34. The van der Waals surface area contributed by atoms with E-state index in [-0.39, 0.29) is 11.3 Å². The molecule has 0 aromatic carbocycles. The van der Waals surface area contributed by atoms with Crippen LogP contribution in [0.4, 0.5) is 0 Å². The Balaban J connectivity index is 2.64. The molecular weight excluding hydrogens is 238 g/mol. The normalized spacial score (nSPS) is 23.5. The molecule has 1 aliphatic heterocycles. The first-order valence-corrected chi connectivity index (χ1v) is 8.46. The molecule has 0 saturated carbocycles. The van der Waals surface area contributed by atoms with Crippen LogP contribution in [0.2, 0.25) is 0 Å². The summed E-state index contributed by atoms with van der Waals surface area (Å²) in [5.41, 5.74) is -0.277. The summed E-state index contributed by atoms with van der Waals surface area (Å²) >= 11 is 0. The topological polar surface area (TPSA) is 57.6 Å². The van der Waals surface area contributed by atoms with E-state index in [1.165, 1.54) is 19.1 Å². The van der Waals surface area contributed by atoms with Crippen molar-refractivity contribution in [3.05, 3.63) is 0 Å². The highest BCUT2D eigenvalue weighted by Crippen LogP contribution is 2.29. The fourth-order valence-electron chi connectivity index (χ4n) is 2.53. The molecule has 5 heteroatoms. The smallest absolute Gasteiger partial charge is 0.147 e. The van der Waals surface area contributed by atoms with Crippen molar-refractivity contribution in [3.63, 3.8) is 0 Å². The van der Waals surface area contributed by atoms with Crippen LogP contribution in [0.15, 0.2) is 0 Å². The van der Waals surface area contributed by atoms with Crippen molar-refractivity contribution in [2.24, 2.45) is 0 Å². The molecule has 2 atom stereocenters. The highest BCUT2D eigenvalue weighted by molar-refractivity contribution is 7.90. The lowest BCUT2D eigenvalue weighted by Gasteiger charge is -2.42. The van der Waals surface area contributed by atoms with Crippen LogP contribution in [-0.4, -0.2) is 55.2 Å². The number of hydrogen-bond donors (Lipinski definition) is 1. The van der Waals surface area contributed by atoms with E-state index in [1.54, 1.807) is 0 Å². The van der Waals surface area contributed by atoms with E-state index in [4.69, 9.17) is 0 Å². The van der Waals surface area contributed by atoms with Crippen molar-refractivity contribution >= 4 is 9.84 Å². The van der Waals surface area contributed by atoms with Gasteiger partial charge in [0.1, 0.15) is 9.84 Å².